The van der Waals surface area contributed by atoms with E-state index < -0.39 is 0 Å². The summed E-state index contributed by atoms with van der Waals surface area (Å²) in [6.45, 7) is 4.81. The Morgan fingerprint density at radius 3 is 2.42 bits per heavy atom. The van der Waals surface area contributed by atoms with E-state index in [1.54, 1.807) is 0 Å². The summed E-state index contributed by atoms with van der Waals surface area (Å²) < 4.78 is 5.50. The van der Waals surface area contributed by atoms with Crippen molar-refractivity contribution >= 4 is 17.5 Å². The van der Waals surface area contributed by atoms with Gasteiger partial charge in [0.25, 0.3) is 5.91 Å². The van der Waals surface area contributed by atoms with E-state index in [4.69, 9.17) is 16.3 Å². The van der Waals surface area contributed by atoms with Crippen molar-refractivity contribution in [2.75, 3.05) is 19.0 Å². The third-order valence-electron chi connectivity index (χ3n) is 3.13. The second kappa shape index (κ2) is 8.81. The molecule has 0 bridgehead atoms. The van der Waals surface area contributed by atoms with Gasteiger partial charge in [0.15, 0.2) is 6.61 Å². The van der Waals surface area contributed by atoms with Crippen molar-refractivity contribution in [3.8, 4) is 5.75 Å². The molecular weight excluding hydrogens is 262 g/mol. The average molecular weight is 284 g/mol. The molecule has 4 heteroatoms. The Balaban J connectivity index is 2.57. The van der Waals surface area contributed by atoms with Crippen LogP contribution >= 0.6 is 11.6 Å². The highest BCUT2D eigenvalue weighted by Gasteiger charge is 2.20. The van der Waals surface area contributed by atoms with Crippen LogP contribution in [0.1, 0.15) is 26.7 Å². The quantitative estimate of drug-likeness (QED) is 0.685. The molecule has 0 saturated heterocycles. The van der Waals surface area contributed by atoms with Crippen molar-refractivity contribution in [3.05, 3.63) is 30.3 Å². The van der Waals surface area contributed by atoms with E-state index in [1.807, 2.05) is 35.2 Å². The van der Waals surface area contributed by atoms with Crippen molar-refractivity contribution in [2.24, 2.45) is 0 Å². The zero-order valence-electron chi connectivity index (χ0n) is 11.6. The molecule has 0 atom stereocenters. The van der Waals surface area contributed by atoms with Gasteiger partial charge in [-0.3, -0.25) is 4.79 Å². The van der Waals surface area contributed by atoms with E-state index in [0.717, 1.165) is 12.8 Å². The molecule has 0 aliphatic rings. The summed E-state index contributed by atoms with van der Waals surface area (Å²) in [5, 5.41) is 0. The van der Waals surface area contributed by atoms with Gasteiger partial charge in [0, 0.05) is 18.5 Å². The lowest BCUT2D eigenvalue weighted by molar-refractivity contribution is -0.135. The van der Waals surface area contributed by atoms with Gasteiger partial charge in [-0.1, -0.05) is 32.0 Å². The second-order valence-electron chi connectivity index (χ2n) is 4.35. The molecule has 0 fully saturated rings. The molecule has 1 aromatic rings. The smallest absolute Gasteiger partial charge is 0.260 e. The molecular formula is C15H22ClNO2. The topological polar surface area (TPSA) is 29.5 Å². The number of rotatable bonds is 8. The maximum absolute atomic E-state index is 12.2. The number of halogens is 1. The van der Waals surface area contributed by atoms with E-state index in [1.165, 1.54) is 0 Å². The van der Waals surface area contributed by atoms with Crippen molar-refractivity contribution in [1.82, 2.24) is 4.90 Å². The maximum atomic E-state index is 12.2. The van der Waals surface area contributed by atoms with E-state index in [0.29, 0.717) is 18.2 Å². The van der Waals surface area contributed by atoms with Crippen LogP contribution in [-0.4, -0.2) is 35.9 Å². The first-order chi connectivity index (χ1) is 9.22. The number of alkyl halides is 1. The van der Waals surface area contributed by atoms with Gasteiger partial charge >= 0.3 is 0 Å². The summed E-state index contributed by atoms with van der Waals surface area (Å²) >= 11 is 5.78. The van der Waals surface area contributed by atoms with Crippen molar-refractivity contribution in [3.63, 3.8) is 0 Å². The summed E-state index contributed by atoms with van der Waals surface area (Å²) in [5.41, 5.74) is 0. The highest BCUT2D eigenvalue weighted by Crippen LogP contribution is 2.12. The Morgan fingerprint density at radius 1 is 1.26 bits per heavy atom. The monoisotopic (exact) mass is 283 g/mol. The summed E-state index contributed by atoms with van der Waals surface area (Å²) in [5.74, 6) is 1.16. The Morgan fingerprint density at radius 2 is 1.89 bits per heavy atom. The molecule has 106 valence electrons. The molecule has 3 nitrogen and oxygen atoms in total. The van der Waals surface area contributed by atoms with Crippen LogP contribution < -0.4 is 4.74 Å². The molecule has 1 amide bonds. The molecule has 0 saturated carbocycles. The minimum atomic E-state index is -0.00166. The van der Waals surface area contributed by atoms with Gasteiger partial charge in [0.2, 0.25) is 0 Å². The minimum Gasteiger partial charge on any atom is -0.484 e. The highest BCUT2D eigenvalue weighted by molar-refractivity contribution is 6.18. The predicted octanol–water partition coefficient (Wildman–Crippen LogP) is 3.32. The molecule has 1 aromatic carbocycles. The minimum absolute atomic E-state index is 0.00166. The van der Waals surface area contributed by atoms with Gasteiger partial charge in [-0.15, -0.1) is 11.6 Å². The average Bonchev–Trinajstić information content (AvgIpc) is 2.46. The molecule has 0 spiro atoms. The summed E-state index contributed by atoms with van der Waals surface area (Å²) in [4.78, 5) is 14.0. The van der Waals surface area contributed by atoms with Crippen LogP contribution in [0.4, 0.5) is 0 Å². The Hall–Kier alpha value is -1.22. The molecule has 0 aromatic heterocycles. The molecule has 19 heavy (non-hydrogen) atoms. The summed E-state index contributed by atoms with van der Waals surface area (Å²) in [6.07, 6.45) is 1.87. The summed E-state index contributed by atoms with van der Waals surface area (Å²) in [7, 11) is 0. The molecule has 0 heterocycles. The number of hydrogen-bond acceptors (Lipinski definition) is 2. The lowest BCUT2D eigenvalue weighted by Gasteiger charge is -2.29. The number of ether oxygens (including phenoxy) is 1. The van der Waals surface area contributed by atoms with Gasteiger partial charge < -0.3 is 9.64 Å². The SMILES string of the molecule is CCC(CC)N(CCCl)C(=O)COc1ccccc1. The molecule has 0 N–H and O–H groups in total. The summed E-state index contributed by atoms with van der Waals surface area (Å²) in [6, 6.07) is 9.62. The zero-order valence-corrected chi connectivity index (χ0v) is 12.4. The van der Waals surface area contributed by atoms with Gasteiger partial charge in [0.05, 0.1) is 0 Å². The van der Waals surface area contributed by atoms with Crippen LogP contribution in [0.5, 0.6) is 5.75 Å². The predicted molar refractivity (Wildman–Crippen MR) is 78.7 cm³/mol. The first kappa shape index (κ1) is 15.8. The largest absolute Gasteiger partial charge is 0.484 e. The van der Waals surface area contributed by atoms with Crippen LogP contribution in [-0.2, 0) is 4.79 Å². The molecule has 1 rings (SSSR count). The molecule has 0 aliphatic heterocycles. The number of benzene rings is 1. The van der Waals surface area contributed by atoms with E-state index in [9.17, 15) is 4.79 Å². The molecule has 0 aliphatic carbocycles. The zero-order chi connectivity index (χ0) is 14.1. The number of hydrogen-bond donors (Lipinski definition) is 0. The van der Waals surface area contributed by atoms with E-state index >= 15 is 0 Å². The Bertz CT molecular complexity index is 366. The van der Waals surface area contributed by atoms with Gasteiger partial charge in [0.1, 0.15) is 5.75 Å². The van der Waals surface area contributed by atoms with Crippen LogP contribution in [0.3, 0.4) is 0 Å². The van der Waals surface area contributed by atoms with E-state index in [-0.39, 0.29) is 18.6 Å². The fraction of sp³-hybridized carbons (Fsp3) is 0.533. The van der Waals surface area contributed by atoms with Gasteiger partial charge in [-0.25, -0.2) is 0 Å². The fourth-order valence-electron chi connectivity index (χ4n) is 2.08. The highest BCUT2D eigenvalue weighted by atomic mass is 35.5. The number of amides is 1. The lowest BCUT2D eigenvalue weighted by atomic mass is 10.1. The van der Waals surface area contributed by atoms with Crippen molar-refractivity contribution in [2.45, 2.75) is 32.7 Å². The lowest BCUT2D eigenvalue weighted by Crippen LogP contribution is -2.43. The first-order valence-electron chi connectivity index (χ1n) is 6.76. The first-order valence-corrected chi connectivity index (χ1v) is 7.29. The third-order valence-corrected chi connectivity index (χ3v) is 3.30. The fourth-order valence-corrected chi connectivity index (χ4v) is 2.26. The van der Waals surface area contributed by atoms with Crippen LogP contribution in [0.15, 0.2) is 30.3 Å². The maximum Gasteiger partial charge on any atom is 0.260 e. The van der Waals surface area contributed by atoms with Gasteiger partial charge in [-0.05, 0) is 25.0 Å². The molecule has 0 unspecified atom stereocenters. The number of para-hydroxylation sites is 1. The van der Waals surface area contributed by atoms with Crippen LogP contribution in [0, 0.1) is 0 Å². The standard InChI is InChI=1S/C15H22ClNO2/c1-3-13(4-2)17(11-10-16)15(18)12-19-14-8-6-5-7-9-14/h5-9,13H,3-4,10-12H2,1-2H3. The van der Waals surface area contributed by atoms with Crippen LogP contribution in [0.25, 0.3) is 0 Å². The Kier molecular flexibility index (Phi) is 7.34. The second-order valence-corrected chi connectivity index (χ2v) is 4.73. The third kappa shape index (κ3) is 5.11. The van der Waals surface area contributed by atoms with Crippen molar-refractivity contribution in [1.29, 1.82) is 0 Å². The van der Waals surface area contributed by atoms with E-state index in [2.05, 4.69) is 13.8 Å². The number of carbonyl (C=O) groups excluding carboxylic acids is 1. The van der Waals surface area contributed by atoms with Gasteiger partial charge in [-0.2, -0.15) is 0 Å². The Labute approximate surface area is 120 Å². The normalized spacial score (nSPS) is 10.5. The van der Waals surface area contributed by atoms with Crippen LogP contribution in [0.2, 0.25) is 0 Å². The molecule has 0 radical (unpaired) electrons. The number of nitrogens with zero attached hydrogens (tertiary/aromatic N) is 1. The van der Waals surface area contributed by atoms with Crippen molar-refractivity contribution < 1.29 is 9.53 Å². The number of carbonyl (C=O) groups is 1.